The lowest BCUT2D eigenvalue weighted by molar-refractivity contribution is -0.118. The number of benzene rings is 3. The van der Waals surface area contributed by atoms with Crippen molar-refractivity contribution in [1.82, 2.24) is 0 Å². The number of carbonyl (C=O) groups is 3. The number of carbonyl (C=O) groups excluding carboxylic acids is 3. The Morgan fingerprint density at radius 2 is 1.78 bits per heavy atom. The number of para-hydroxylation sites is 1. The van der Waals surface area contributed by atoms with E-state index in [-0.39, 0.29) is 17.9 Å². The number of nitrogens with one attached hydrogen (secondary N) is 2. The minimum absolute atomic E-state index is 0.0485. The van der Waals surface area contributed by atoms with Gasteiger partial charge in [0.2, 0.25) is 0 Å². The van der Waals surface area contributed by atoms with Crippen LogP contribution in [0, 0.1) is 17.1 Å². The summed E-state index contributed by atoms with van der Waals surface area (Å²) in [5.74, 6) is -1.90. The van der Waals surface area contributed by atoms with E-state index >= 15 is 0 Å². The van der Waals surface area contributed by atoms with Gasteiger partial charge in [-0.15, -0.1) is 0 Å². The standard InChI is InChI=1S/C26H19BrFN3O5/c1-35-26(34)17-7-9-19(10-8-17)30-25(33)18(14-29)12-16-6-11-23(20(27)13-16)36-15-24(32)31-22-5-3-2-4-21(22)28/h2-13H,15H2,1H3,(H,30,33)(H,31,32)/b18-12-. The number of rotatable bonds is 8. The van der Waals surface area contributed by atoms with Gasteiger partial charge < -0.3 is 20.1 Å². The second-order valence-corrected chi connectivity index (χ2v) is 8.05. The number of nitrogens with zero attached hydrogens (tertiary/aromatic N) is 1. The molecular formula is C26H19BrFN3O5. The van der Waals surface area contributed by atoms with E-state index in [1.165, 1.54) is 55.7 Å². The Morgan fingerprint density at radius 3 is 2.42 bits per heavy atom. The second kappa shape index (κ2) is 12.3. The lowest BCUT2D eigenvalue weighted by atomic mass is 10.1. The lowest BCUT2D eigenvalue weighted by Gasteiger charge is -2.10. The van der Waals surface area contributed by atoms with Gasteiger partial charge in [0.25, 0.3) is 11.8 Å². The van der Waals surface area contributed by atoms with E-state index in [4.69, 9.17) is 4.74 Å². The van der Waals surface area contributed by atoms with Crippen LogP contribution in [0.5, 0.6) is 5.75 Å². The van der Waals surface area contributed by atoms with Crippen molar-refractivity contribution in [2.75, 3.05) is 24.4 Å². The number of anilines is 2. The molecule has 3 aromatic rings. The van der Waals surface area contributed by atoms with Gasteiger partial charge in [-0.2, -0.15) is 5.26 Å². The molecule has 36 heavy (non-hydrogen) atoms. The Kier molecular flexibility index (Phi) is 8.91. The minimum atomic E-state index is -0.635. The molecule has 3 aromatic carbocycles. The van der Waals surface area contributed by atoms with Crippen molar-refractivity contribution in [2.24, 2.45) is 0 Å². The van der Waals surface area contributed by atoms with Crippen molar-refractivity contribution in [3.8, 4) is 11.8 Å². The second-order valence-electron chi connectivity index (χ2n) is 7.20. The molecule has 0 bridgehead atoms. The molecule has 0 aromatic heterocycles. The zero-order valence-electron chi connectivity index (χ0n) is 18.9. The predicted octanol–water partition coefficient (Wildman–Crippen LogP) is 4.94. The third-order valence-corrected chi connectivity index (χ3v) is 5.32. The first-order valence-electron chi connectivity index (χ1n) is 10.4. The number of nitriles is 1. The Balaban J connectivity index is 1.63. The predicted molar refractivity (Wildman–Crippen MR) is 135 cm³/mol. The maximum Gasteiger partial charge on any atom is 0.337 e. The van der Waals surface area contributed by atoms with Crippen molar-refractivity contribution in [2.45, 2.75) is 0 Å². The first-order chi connectivity index (χ1) is 17.3. The van der Waals surface area contributed by atoms with Gasteiger partial charge in [0.1, 0.15) is 23.2 Å². The molecule has 10 heteroatoms. The highest BCUT2D eigenvalue weighted by Gasteiger charge is 2.13. The van der Waals surface area contributed by atoms with Crippen LogP contribution in [0.3, 0.4) is 0 Å². The van der Waals surface area contributed by atoms with Crippen molar-refractivity contribution in [1.29, 1.82) is 5.26 Å². The summed E-state index contributed by atoms with van der Waals surface area (Å²) in [6.07, 6.45) is 1.39. The topological polar surface area (TPSA) is 118 Å². The molecule has 0 fully saturated rings. The first kappa shape index (κ1) is 26.1. The van der Waals surface area contributed by atoms with Gasteiger partial charge in [-0.1, -0.05) is 18.2 Å². The zero-order valence-corrected chi connectivity index (χ0v) is 20.5. The summed E-state index contributed by atoms with van der Waals surface area (Å²) in [6, 6.07) is 18.4. The van der Waals surface area contributed by atoms with Crippen molar-refractivity contribution < 1.29 is 28.2 Å². The van der Waals surface area contributed by atoms with Gasteiger partial charge in [-0.25, -0.2) is 9.18 Å². The molecule has 0 aliphatic heterocycles. The van der Waals surface area contributed by atoms with E-state index in [9.17, 15) is 24.0 Å². The summed E-state index contributed by atoms with van der Waals surface area (Å²) in [5.41, 5.74) is 1.14. The number of esters is 1. The molecule has 0 aliphatic carbocycles. The van der Waals surface area contributed by atoms with Crippen molar-refractivity contribution in [3.05, 3.63) is 93.7 Å². The fraction of sp³-hybridized carbons (Fsp3) is 0.0769. The highest BCUT2D eigenvalue weighted by Crippen LogP contribution is 2.27. The van der Waals surface area contributed by atoms with E-state index in [0.29, 0.717) is 27.0 Å². The lowest BCUT2D eigenvalue weighted by Crippen LogP contribution is -2.20. The van der Waals surface area contributed by atoms with Crippen LogP contribution in [-0.4, -0.2) is 31.5 Å². The van der Waals surface area contributed by atoms with Crippen LogP contribution in [0.25, 0.3) is 6.08 Å². The van der Waals surface area contributed by atoms with Crippen LogP contribution >= 0.6 is 15.9 Å². The SMILES string of the molecule is COC(=O)c1ccc(NC(=O)/C(C#N)=C\c2ccc(OCC(=O)Nc3ccccc3F)c(Br)c2)cc1. The fourth-order valence-corrected chi connectivity index (χ4v) is 3.45. The van der Waals surface area contributed by atoms with Gasteiger partial charge in [-0.3, -0.25) is 9.59 Å². The van der Waals surface area contributed by atoms with E-state index in [1.807, 2.05) is 6.07 Å². The van der Waals surface area contributed by atoms with Crippen molar-refractivity contribution in [3.63, 3.8) is 0 Å². The average Bonchev–Trinajstić information content (AvgIpc) is 2.88. The molecule has 3 rings (SSSR count). The Bertz CT molecular complexity index is 1370. The summed E-state index contributed by atoms with van der Waals surface area (Å²) in [4.78, 5) is 36.1. The number of halogens is 2. The van der Waals surface area contributed by atoms with Gasteiger partial charge >= 0.3 is 5.97 Å². The molecule has 8 nitrogen and oxygen atoms in total. The molecule has 0 radical (unpaired) electrons. The number of ether oxygens (including phenoxy) is 2. The molecule has 182 valence electrons. The largest absolute Gasteiger partial charge is 0.483 e. The minimum Gasteiger partial charge on any atom is -0.483 e. The van der Waals surface area contributed by atoms with E-state index in [1.54, 1.807) is 24.3 Å². The van der Waals surface area contributed by atoms with Gasteiger partial charge in [0, 0.05) is 5.69 Å². The summed E-state index contributed by atoms with van der Waals surface area (Å²) in [6.45, 7) is -0.358. The van der Waals surface area contributed by atoms with Crippen LogP contribution in [0.2, 0.25) is 0 Å². The zero-order chi connectivity index (χ0) is 26.1. The Morgan fingerprint density at radius 1 is 1.06 bits per heavy atom. The van der Waals surface area contributed by atoms with Crippen molar-refractivity contribution >= 4 is 51.2 Å². The summed E-state index contributed by atoms with van der Waals surface area (Å²) in [7, 11) is 1.27. The quantitative estimate of drug-likeness (QED) is 0.232. The maximum atomic E-state index is 13.7. The third kappa shape index (κ3) is 7.01. The van der Waals surface area contributed by atoms with Crippen LogP contribution in [0.1, 0.15) is 15.9 Å². The molecule has 2 N–H and O–H groups in total. The van der Waals surface area contributed by atoms with E-state index in [2.05, 4.69) is 31.3 Å². The number of methoxy groups -OCH3 is 1. The van der Waals surface area contributed by atoms with E-state index in [0.717, 1.165) is 0 Å². The summed E-state index contributed by atoms with van der Waals surface area (Å²) < 4.78 is 24.2. The molecule has 0 spiro atoms. The molecule has 0 heterocycles. The van der Waals surface area contributed by atoms with E-state index < -0.39 is 23.6 Å². The molecule has 0 unspecified atom stereocenters. The van der Waals surface area contributed by atoms with Gasteiger partial charge in [0.15, 0.2) is 6.61 Å². The number of hydrogen-bond donors (Lipinski definition) is 2. The number of amides is 2. The van der Waals surface area contributed by atoms with Crippen LogP contribution < -0.4 is 15.4 Å². The number of hydrogen-bond acceptors (Lipinski definition) is 6. The average molecular weight is 552 g/mol. The molecule has 0 atom stereocenters. The Hall–Kier alpha value is -4.49. The smallest absolute Gasteiger partial charge is 0.337 e. The molecular weight excluding hydrogens is 533 g/mol. The fourth-order valence-electron chi connectivity index (χ4n) is 2.94. The normalized spacial score (nSPS) is 10.7. The first-order valence-corrected chi connectivity index (χ1v) is 11.2. The van der Waals surface area contributed by atoms with Gasteiger partial charge in [-0.05, 0) is 76.1 Å². The Labute approximate surface area is 214 Å². The molecule has 2 amide bonds. The summed E-state index contributed by atoms with van der Waals surface area (Å²) >= 11 is 3.34. The molecule has 0 saturated heterocycles. The van der Waals surface area contributed by atoms with Crippen LogP contribution in [0.15, 0.2) is 76.8 Å². The highest BCUT2D eigenvalue weighted by molar-refractivity contribution is 9.10. The molecule has 0 saturated carbocycles. The highest BCUT2D eigenvalue weighted by atomic mass is 79.9. The third-order valence-electron chi connectivity index (χ3n) is 4.70. The van der Waals surface area contributed by atoms with Gasteiger partial charge in [0.05, 0.1) is 22.8 Å². The summed E-state index contributed by atoms with van der Waals surface area (Å²) in [5, 5.41) is 14.5. The van der Waals surface area contributed by atoms with Crippen LogP contribution in [0.4, 0.5) is 15.8 Å². The maximum absolute atomic E-state index is 13.7. The van der Waals surface area contributed by atoms with Crippen LogP contribution in [-0.2, 0) is 14.3 Å². The molecule has 0 aliphatic rings. The monoisotopic (exact) mass is 551 g/mol.